The Morgan fingerprint density at radius 2 is 0.971 bits per heavy atom. The molecule has 1 fully saturated rings. The Balaban J connectivity index is 1.67. The van der Waals surface area contributed by atoms with Crippen molar-refractivity contribution in [2.75, 3.05) is 42.3 Å². The Bertz CT molecular complexity index is 962. The maximum atomic E-state index is 13.2. The summed E-state index contributed by atoms with van der Waals surface area (Å²) in [6.07, 6.45) is 0.879. The van der Waals surface area contributed by atoms with E-state index in [2.05, 4.69) is 20.7 Å². The number of piperazine rings is 1. The molecule has 0 N–H and O–H groups in total. The van der Waals surface area contributed by atoms with Gasteiger partial charge in [-0.3, -0.25) is 19.6 Å². The van der Waals surface area contributed by atoms with Gasteiger partial charge in [0.1, 0.15) is 12.1 Å². The van der Waals surface area contributed by atoms with Gasteiger partial charge in [-0.1, -0.05) is 34.7 Å². The molecule has 1 heterocycles. The molecule has 2 aromatic rings. The van der Waals surface area contributed by atoms with Crippen LogP contribution in [0.1, 0.15) is 11.1 Å². The van der Waals surface area contributed by atoms with Crippen LogP contribution in [0.4, 0.5) is 11.4 Å². The highest BCUT2D eigenvalue weighted by Gasteiger charge is 2.42. The molecule has 2 unspecified atom stereocenters. The van der Waals surface area contributed by atoms with Gasteiger partial charge in [0.05, 0.1) is 11.4 Å². The summed E-state index contributed by atoms with van der Waals surface area (Å²) in [5.41, 5.74) is 3.36. The fraction of sp³-hybridized carbons (Fsp3) is 0.417. The topological polar surface area (TPSA) is 96.5 Å². The van der Waals surface area contributed by atoms with Crippen LogP contribution in [0.3, 0.4) is 0 Å². The minimum absolute atomic E-state index is 0.0696. The third kappa shape index (κ3) is 6.15. The third-order valence-corrected chi connectivity index (χ3v) is 5.61. The van der Waals surface area contributed by atoms with Crippen molar-refractivity contribution in [1.29, 1.82) is 0 Å². The number of rotatable bonds is 8. The average molecular weight is 465 g/mol. The van der Waals surface area contributed by atoms with Gasteiger partial charge in [-0.05, 0) is 35.4 Å². The lowest BCUT2D eigenvalue weighted by atomic mass is 9.95. The molecule has 2 atom stereocenters. The van der Waals surface area contributed by atoms with Gasteiger partial charge in [0.2, 0.25) is 11.8 Å². The van der Waals surface area contributed by atoms with Crippen molar-refractivity contribution in [1.82, 2.24) is 19.8 Å². The second kappa shape index (κ2) is 10.9. The molecule has 0 spiro atoms. The molecule has 10 nitrogen and oxygen atoms in total. The molecule has 180 valence electrons. The maximum Gasteiger partial charge on any atom is 0.246 e. The molecule has 10 heteroatoms. The summed E-state index contributed by atoms with van der Waals surface area (Å²) in [5, 5.41) is 19.4. The summed E-state index contributed by atoms with van der Waals surface area (Å²) < 4.78 is 0. The van der Waals surface area contributed by atoms with Crippen LogP contribution in [0.15, 0.2) is 69.2 Å². The van der Waals surface area contributed by atoms with E-state index in [0.717, 1.165) is 22.5 Å². The molecule has 0 aromatic heterocycles. The first kappa shape index (κ1) is 24.8. The largest absolute Gasteiger partial charge is 0.332 e. The highest BCUT2D eigenvalue weighted by atomic mass is 16.2. The smallest absolute Gasteiger partial charge is 0.246 e. The number of benzene rings is 2. The van der Waals surface area contributed by atoms with Crippen LogP contribution in [0, 0.1) is 0 Å². The second-order valence-electron chi connectivity index (χ2n) is 8.74. The number of likely N-dealkylation sites (N-methyl/N-ethyl adjacent to an activating group) is 2. The first-order valence-corrected chi connectivity index (χ1v) is 11.0. The molecule has 0 aliphatic carbocycles. The summed E-state index contributed by atoms with van der Waals surface area (Å²) in [7, 11) is 10.6. The minimum Gasteiger partial charge on any atom is -0.332 e. The van der Waals surface area contributed by atoms with E-state index in [-0.39, 0.29) is 11.8 Å². The zero-order valence-corrected chi connectivity index (χ0v) is 20.6. The third-order valence-electron chi connectivity index (χ3n) is 5.61. The van der Waals surface area contributed by atoms with Gasteiger partial charge in [-0.2, -0.15) is 0 Å². The Hall–Kier alpha value is -3.82. The molecule has 0 radical (unpaired) electrons. The lowest BCUT2D eigenvalue weighted by Gasteiger charge is -2.42. The van der Waals surface area contributed by atoms with Gasteiger partial charge in [-0.15, -0.1) is 10.2 Å². The summed E-state index contributed by atoms with van der Waals surface area (Å²) >= 11 is 0. The van der Waals surface area contributed by atoms with Gasteiger partial charge in [0.15, 0.2) is 0 Å². The molecule has 34 heavy (non-hydrogen) atoms. The molecule has 0 saturated carbocycles. The number of nitrogens with zero attached hydrogens (tertiary/aromatic N) is 8. The Morgan fingerprint density at radius 1 is 0.647 bits per heavy atom. The number of carbonyl (C=O) groups is 2. The molecular weight excluding hydrogens is 432 g/mol. The summed E-state index contributed by atoms with van der Waals surface area (Å²) in [5.74, 6) is -0.139. The fourth-order valence-electron chi connectivity index (χ4n) is 3.68. The van der Waals surface area contributed by atoms with Crippen molar-refractivity contribution in [2.45, 2.75) is 24.9 Å². The van der Waals surface area contributed by atoms with Crippen LogP contribution >= 0.6 is 0 Å². The second-order valence-corrected chi connectivity index (χ2v) is 8.74. The van der Waals surface area contributed by atoms with Crippen LogP contribution in [0.5, 0.6) is 0 Å². The lowest BCUT2D eigenvalue weighted by molar-refractivity contribution is -0.158. The molecule has 1 aliphatic rings. The van der Waals surface area contributed by atoms with Crippen LogP contribution < -0.4 is 0 Å². The fourth-order valence-corrected chi connectivity index (χ4v) is 3.68. The standard InChI is InChI=1S/C24H32N8O2/c1-29(2)27-25-19-11-7-17(8-12-19)15-21-23(33)32(6)22(24(34)31(21)5)16-18-9-13-20(14-10-18)26-28-30(3)4/h7-14,21-22H,15-16H2,1-6H3/b27-25+,28-26+. The average Bonchev–Trinajstić information content (AvgIpc) is 2.82. The summed E-state index contributed by atoms with van der Waals surface area (Å²) in [6, 6.07) is 14.0. The van der Waals surface area contributed by atoms with Crippen molar-refractivity contribution in [3.05, 3.63) is 59.7 Å². The molecule has 3 rings (SSSR count). The van der Waals surface area contributed by atoms with E-state index in [1.54, 1.807) is 62.1 Å². The van der Waals surface area contributed by atoms with E-state index in [9.17, 15) is 9.59 Å². The minimum atomic E-state index is -0.545. The summed E-state index contributed by atoms with van der Waals surface area (Å²) in [4.78, 5) is 29.5. The van der Waals surface area contributed by atoms with Crippen molar-refractivity contribution < 1.29 is 9.59 Å². The maximum absolute atomic E-state index is 13.2. The Kier molecular flexibility index (Phi) is 7.93. The highest BCUT2D eigenvalue weighted by molar-refractivity contribution is 5.97. The quantitative estimate of drug-likeness (QED) is 0.442. The first-order chi connectivity index (χ1) is 16.2. The zero-order chi connectivity index (χ0) is 24.8. The molecule has 1 aliphatic heterocycles. The van der Waals surface area contributed by atoms with E-state index < -0.39 is 12.1 Å². The van der Waals surface area contributed by atoms with Crippen molar-refractivity contribution in [3.63, 3.8) is 0 Å². The van der Waals surface area contributed by atoms with Gasteiger partial charge >= 0.3 is 0 Å². The monoisotopic (exact) mass is 464 g/mol. The first-order valence-electron chi connectivity index (χ1n) is 11.0. The van der Waals surface area contributed by atoms with E-state index >= 15 is 0 Å². The molecule has 1 saturated heterocycles. The number of hydrogen-bond acceptors (Lipinski definition) is 6. The number of carbonyl (C=O) groups excluding carboxylic acids is 2. The van der Waals surface area contributed by atoms with E-state index in [0.29, 0.717) is 12.8 Å². The number of amides is 2. The summed E-state index contributed by atoms with van der Waals surface area (Å²) in [6.45, 7) is 0. The van der Waals surface area contributed by atoms with E-state index in [1.165, 1.54) is 0 Å². The predicted molar refractivity (Wildman–Crippen MR) is 130 cm³/mol. The van der Waals surface area contributed by atoms with Crippen molar-refractivity contribution >= 4 is 23.2 Å². The zero-order valence-electron chi connectivity index (χ0n) is 20.6. The molecule has 2 aromatic carbocycles. The van der Waals surface area contributed by atoms with Crippen molar-refractivity contribution in [2.24, 2.45) is 20.7 Å². The van der Waals surface area contributed by atoms with Crippen LogP contribution in [0.25, 0.3) is 0 Å². The van der Waals surface area contributed by atoms with Gasteiger partial charge < -0.3 is 9.80 Å². The molecular formula is C24H32N8O2. The van der Waals surface area contributed by atoms with E-state index in [1.807, 2.05) is 48.5 Å². The highest BCUT2D eigenvalue weighted by Crippen LogP contribution is 2.24. The van der Waals surface area contributed by atoms with Gasteiger partial charge in [0, 0.05) is 55.1 Å². The Labute approximate surface area is 200 Å². The van der Waals surface area contributed by atoms with Crippen LogP contribution in [-0.4, -0.2) is 86.0 Å². The molecule has 0 bridgehead atoms. The SMILES string of the molecule is CN(C)/N=N/c1ccc(CC2C(=O)N(C)C(Cc3ccc(/N=N/N(C)C)cc3)C(=O)N2C)cc1. The normalized spacial score (nSPS) is 18.9. The lowest BCUT2D eigenvalue weighted by Crippen LogP contribution is -2.63. The van der Waals surface area contributed by atoms with Crippen LogP contribution in [0.2, 0.25) is 0 Å². The van der Waals surface area contributed by atoms with Crippen LogP contribution in [-0.2, 0) is 22.4 Å². The van der Waals surface area contributed by atoms with Gasteiger partial charge in [-0.25, -0.2) is 0 Å². The Morgan fingerprint density at radius 3 is 1.26 bits per heavy atom. The van der Waals surface area contributed by atoms with E-state index in [4.69, 9.17) is 0 Å². The molecule has 2 amide bonds. The van der Waals surface area contributed by atoms with Crippen molar-refractivity contribution in [3.8, 4) is 0 Å². The van der Waals surface area contributed by atoms with Gasteiger partial charge in [0.25, 0.3) is 0 Å². The number of hydrogen-bond donors (Lipinski definition) is 0. The predicted octanol–water partition coefficient (Wildman–Crippen LogP) is 3.26.